The molecule has 5 atom stereocenters. The highest BCUT2D eigenvalue weighted by molar-refractivity contribution is 5.68. The molecule has 0 radical (unpaired) electrons. The maximum atomic E-state index is 11.3. The number of ether oxygens (including phenoxy) is 4. The van der Waals surface area contributed by atoms with Crippen LogP contribution in [0.4, 0.5) is 0 Å². The summed E-state index contributed by atoms with van der Waals surface area (Å²) in [6, 6.07) is 0. The van der Waals surface area contributed by atoms with Crippen LogP contribution >= 0.6 is 0 Å². The van der Waals surface area contributed by atoms with Crippen molar-refractivity contribution in [3.05, 3.63) is 0 Å². The maximum absolute atomic E-state index is 11.3. The summed E-state index contributed by atoms with van der Waals surface area (Å²) in [4.78, 5) is 33.7. The summed E-state index contributed by atoms with van der Waals surface area (Å²) in [6.07, 6.45) is -1.96. The van der Waals surface area contributed by atoms with Crippen LogP contribution in [0, 0.1) is 5.92 Å². The first-order chi connectivity index (χ1) is 9.38. The Morgan fingerprint density at radius 3 is 1.90 bits per heavy atom. The van der Waals surface area contributed by atoms with E-state index in [1.807, 2.05) is 0 Å². The average Bonchev–Trinajstić information content (AvgIpc) is 2.74. The smallest absolute Gasteiger partial charge is 0.303 e. The quantitative estimate of drug-likeness (QED) is 0.541. The molecular weight excluding hydrogens is 268 g/mol. The van der Waals surface area contributed by atoms with Crippen molar-refractivity contribution in [1.29, 1.82) is 0 Å². The van der Waals surface area contributed by atoms with E-state index in [0.29, 0.717) is 13.0 Å². The first-order valence-electron chi connectivity index (χ1n) is 6.51. The second-order valence-corrected chi connectivity index (χ2v) is 5.09. The Bertz CT molecular complexity index is 389. The third kappa shape index (κ3) is 3.09. The van der Waals surface area contributed by atoms with Crippen molar-refractivity contribution in [2.75, 3.05) is 6.61 Å². The zero-order valence-electron chi connectivity index (χ0n) is 11.7. The van der Waals surface area contributed by atoms with Crippen molar-refractivity contribution in [3.63, 3.8) is 0 Å². The zero-order chi connectivity index (χ0) is 14.9. The minimum Gasteiger partial charge on any atom is -0.458 e. The SMILES string of the molecule is CC(=O)OC1C2COC(C2)C(OC(C)=O)C1OC(C)=O. The van der Waals surface area contributed by atoms with Crippen molar-refractivity contribution < 1.29 is 33.3 Å². The van der Waals surface area contributed by atoms with Crippen molar-refractivity contribution >= 4 is 17.9 Å². The van der Waals surface area contributed by atoms with E-state index in [4.69, 9.17) is 18.9 Å². The topological polar surface area (TPSA) is 88.1 Å². The Labute approximate surface area is 116 Å². The van der Waals surface area contributed by atoms with Gasteiger partial charge in [-0.15, -0.1) is 0 Å². The van der Waals surface area contributed by atoms with E-state index in [-0.39, 0.29) is 12.0 Å². The number of carbonyl (C=O) groups excluding carboxylic acids is 3. The van der Waals surface area contributed by atoms with Gasteiger partial charge in [0.05, 0.1) is 12.7 Å². The second kappa shape index (κ2) is 5.78. The van der Waals surface area contributed by atoms with Gasteiger partial charge in [-0.25, -0.2) is 0 Å². The van der Waals surface area contributed by atoms with Crippen LogP contribution in [0.25, 0.3) is 0 Å². The number of hydrogen-bond donors (Lipinski definition) is 0. The van der Waals surface area contributed by atoms with Crippen LogP contribution in [0.5, 0.6) is 0 Å². The van der Waals surface area contributed by atoms with E-state index in [1.165, 1.54) is 20.8 Å². The Morgan fingerprint density at radius 1 is 0.850 bits per heavy atom. The Hall–Kier alpha value is -1.63. The molecular formula is C13H18O7. The van der Waals surface area contributed by atoms with Crippen LogP contribution in [0.1, 0.15) is 27.2 Å². The fourth-order valence-corrected chi connectivity index (χ4v) is 2.82. The van der Waals surface area contributed by atoms with Crippen molar-refractivity contribution in [3.8, 4) is 0 Å². The molecule has 0 aromatic carbocycles. The minimum absolute atomic E-state index is 0.0555. The average molecular weight is 286 g/mol. The lowest BCUT2D eigenvalue weighted by atomic mass is 9.83. The summed E-state index contributed by atoms with van der Waals surface area (Å²) in [6.45, 7) is 4.20. The van der Waals surface area contributed by atoms with E-state index in [0.717, 1.165) is 0 Å². The van der Waals surface area contributed by atoms with Gasteiger partial charge in [0, 0.05) is 26.7 Å². The van der Waals surface area contributed by atoms with Gasteiger partial charge in [0.15, 0.2) is 12.2 Å². The minimum atomic E-state index is -0.827. The number of carbonyl (C=O) groups is 3. The van der Waals surface area contributed by atoms with Gasteiger partial charge < -0.3 is 18.9 Å². The molecule has 112 valence electrons. The molecule has 2 fully saturated rings. The molecule has 20 heavy (non-hydrogen) atoms. The number of rotatable bonds is 3. The van der Waals surface area contributed by atoms with Crippen molar-refractivity contribution in [2.45, 2.75) is 51.6 Å². The second-order valence-electron chi connectivity index (χ2n) is 5.09. The lowest BCUT2D eigenvalue weighted by Crippen LogP contribution is -2.55. The molecule has 2 bridgehead atoms. The van der Waals surface area contributed by atoms with Crippen molar-refractivity contribution in [1.82, 2.24) is 0 Å². The largest absolute Gasteiger partial charge is 0.458 e. The number of fused-ring (bicyclic) bond motifs is 2. The summed E-state index contributed by atoms with van der Waals surface area (Å²) < 4.78 is 21.3. The van der Waals surface area contributed by atoms with E-state index in [1.54, 1.807) is 0 Å². The van der Waals surface area contributed by atoms with E-state index < -0.39 is 36.2 Å². The van der Waals surface area contributed by atoms with Crippen LogP contribution in [0.2, 0.25) is 0 Å². The number of hydrogen-bond acceptors (Lipinski definition) is 7. The maximum Gasteiger partial charge on any atom is 0.303 e. The van der Waals surface area contributed by atoms with Gasteiger partial charge in [0.2, 0.25) is 0 Å². The molecule has 0 aromatic rings. The van der Waals surface area contributed by atoms with Crippen LogP contribution in [0.3, 0.4) is 0 Å². The van der Waals surface area contributed by atoms with E-state index >= 15 is 0 Å². The molecule has 0 spiro atoms. The molecule has 5 unspecified atom stereocenters. The fraction of sp³-hybridized carbons (Fsp3) is 0.769. The molecule has 1 aliphatic carbocycles. The molecule has 0 amide bonds. The summed E-state index contributed by atoms with van der Waals surface area (Å²) in [5.41, 5.74) is 0. The van der Waals surface area contributed by atoms with Crippen molar-refractivity contribution in [2.24, 2.45) is 5.92 Å². The summed E-state index contributed by atoms with van der Waals surface area (Å²) in [5.74, 6) is -1.55. The summed E-state index contributed by atoms with van der Waals surface area (Å²) >= 11 is 0. The highest BCUT2D eigenvalue weighted by Crippen LogP contribution is 2.38. The first-order valence-corrected chi connectivity index (χ1v) is 6.51. The molecule has 2 rings (SSSR count). The van der Waals surface area contributed by atoms with E-state index in [2.05, 4.69) is 0 Å². The summed E-state index contributed by atoms with van der Waals surface area (Å²) in [7, 11) is 0. The van der Waals surface area contributed by atoms with Gasteiger partial charge in [0.25, 0.3) is 0 Å². The monoisotopic (exact) mass is 286 g/mol. The molecule has 1 saturated heterocycles. The van der Waals surface area contributed by atoms with Crippen LogP contribution in [0.15, 0.2) is 0 Å². The van der Waals surface area contributed by atoms with Crippen LogP contribution in [-0.2, 0) is 33.3 Å². The Balaban J connectivity index is 2.24. The first kappa shape index (κ1) is 14.8. The zero-order valence-corrected chi connectivity index (χ0v) is 11.7. The Kier molecular flexibility index (Phi) is 4.27. The van der Waals surface area contributed by atoms with Gasteiger partial charge in [-0.05, 0) is 6.42 Å². The molecule has 1 heterocycles. The lowest BCUT2D eigenvalue weighted by Gasteiger charge is -2.38. The number of esters is 3. The Morgan fingerprint density at radius 2 is 1.35 bits per heavy atom. The molecule has 0 aromatic heterocycles. The van der Waals surface area contributed by atoms with E-state index in [9.17, 15) is 14.4 Å². The fourth-order valence-electron chi connectivity index (χ4n) is 2.82. The molecule has 1 aliphatic heterocycles. The molecule has 7 heteroatoms. The normalized spacial score (nSPS) is 35.2. The van der Waals surface area contributed by atoms with Crippen LogP contribution < -0.4 is 0 Å². The van der Waals surface area contributed by atoms with Gasteiger partial charge >= 0.3 is 17.9 Å². The van der Waals surface area contributed by atoms with Gasteiger partial charge in [0.1, 0.15) is 6.10 Å². The predicted octanol–water partition coefficient (Wildman–Crippen LogP) is 0.200. The van der Waals surface area contributed by atoms with Gasteiger partial charge in [-0.3, -0.25) is 14.4 Å². The van der Waals surface area contributed by atoms with Crippen LogP contribution in [-0.4, -0.2) is 48.9 Å². The molecule has 1 saturated carbocycles. The third-order valence-corrected chi connectivity index (χ3v) is 3.44. The van der Waals surface area contributed by atoms with Gasteiger partial charge in [-0.2, -0.15) is 0 Å². The molecule has 7 nitrogen and oxygen atoms in total. The molecule has 2 aliphatic rings. The predicted molar refractivity (Wildman–Crippen MR) is 64.5 cm³/mol. The standard InChI is InChI=1S/C13H18O7/c1-6(14)18-11-9-4-10(17-5-9)12(19-7(2)15)13(11)20-8(3)16/h9-13H,4-5H2,1-3H3. The lowest BCUT2D eigenvalue weighted by molar-refractivity contribution is -0.198. The third-order valence-electron chi connectivity index (χ3n) is 3.44. The van der Waals surface area contributed by atoms with Gasteiger partial charge in [-0.1, -0.05) is 0 Å². The summed E-state index contributed by atoms with van der Waals surface area (Å²) in [5, 5.41) is 0. The highest BCUT2D eigenvalue weighted by Gasteiger charge is 2.54. The molecule has 0 N–H and O–H groups in total. The highest BCUT2D eigenvalue weighted by atomic mass is 16.6.